The van der Waals surface area contributed by atoms with E-state index in [2.05, 4.69) is 24.0 Å². The van der Waals surface area contributed by atoms with Gasteiger partial charge in [0.15, 0.2) is 0 Å². The summed E-state index contributed by atoms with van der Waals surface area (Å²) in [5.41, 5.74) is 8.46. The molecule has 2 rings (SSSR count). The van der Waals surface area contributed by atoms with Crippen LogP contribution in [-0.2, 0) is 6.54 Å². The summed E-state index contributed by atoms with van der Waals surface area (Å²) in [4.78, 5) is 14.9. The first kappa shape index (κ1) is 15.3. The molecule has 0 aliphatic carbocycles. The number of thiophene rings is 1. The normalized spacial score (nSPS) is 9.86. The Morgan fingerprint density at radius 3 is 2.67 bits per heavy atom. The van der Waals surface area contributed by atoms with Crippen molar-refractivity contribution in [3.63, 3.8) is 0 Å². The molecule has 1 amide bonds. The molecule has 1 aromatic carbocycles. The van der Waals surface area contributed by atoms with E-state index in [0.29, 0.717) is 18.0 Å². The zero-order valence-electron chi connectivity index (χ0n) is 12.2. The van der Waals surface area contributed by atoms with Crippen molar-refractivity contribution >= 4 is 17.2 Å². The fourth-order valence-electron chi connectivity index (χ4n) is 1.93. The summed E-state index contributed by atoms with van der Waals surface area (Å²) in [6.07, 6.45) is 0. The van der Waals surface area contributed by atoms with Gasteiger partial charge in [0.1, 0.15) is 4.88 Å². The van der Waals surface area contributed by atoms with Crippen molar-refractivity contribution in [3.8, 4) is 11.8 Å². The molecule has 3 nitrogen and oxygen atoms in total. The molecule has 0 spiro atoms. The first-order chi connectivity index (χ1) is 10.1. The fourth-order valence-corrected chi connectivity index (χ4v) is 2.77. The van der Waals surface area contributed by atoms with Crippen LogP contribution in [0.5, 0.6) is 0 Å². The number of carbonyl (C=O) groups excluding carboxylic acids is 1. The average Bonchev–Trinajstić information content (AvgIpc) is 2.95. The van der Waals surface area contributed by atoms with Gasteiger partial charge in [0.2, 0.25) is 0 Å². The summed E-state index contributed by atoms with van der Waals surface area (Å²) in [5, 5.41) is 1.88. The molecule has 0 saturated carbocycles. The molecule has 2 N–H and O–H groups in total. The van der Waals surface area contributed by atoms with E-state index < -0.39 is 0 Å². The SMILES string of the molecule is Cc1ccc(CN(C)C(=O)c2sccc2C#CCN)cc1. The maximum absolute atomic E-state index is 12.5. The van der Waals surface area contributed by atoms with E-state index in [1.165, 1.54) is 16.9 Å². The highest BCUT2D eigenvalue weighted by Gasteiger charge is 2.16. The predicted octanol–water partition coefficient (Wildman–Crippen LogP) is 2.64. The zero-order chi connectivity index (χ0) is 15.2. The molecule has 1 aromatic heterocycles. The minimum absolute atomic E-state index is 0.00750. The van der Waals surface area contributed by atoms with Crippen LogP contribution in [0.4, 0.5) is 0 Å². The van der Waals surface area contributed by atoms with Crippen LogP contribution in [0.2, 0.25) is 0 Å². The Morgan fingerprint density at radius 2 is 2.00 bits per heavy atom. The van der Waals surface area contributed by atoms with Crippen LogP contribution >= 0.6 is 11.3 Å². The number of aryl methyl sites for hydroxylation is 1. The van der Waals surface area contributed by atoms with Crippen LogP contribution in [0.15, 0.2) is 35.7 Å². The highest BCUT2D eigenvalue weighted by molar-refractivity contribution is 7.12. The van der Waals surface area contributed by atoms with Gasteiger partial charge in [-0.25, -0.2) is 0 Å². The summed E-state index contributed by atoms with van der Waals surface area (Å²) in [7, 11) is 1.81. The Hall–Kier alpha value is -2.09. The topological polar surface area (TPSA) is 46.3 Å². The summed E-state index contributed by atoms with van der Waals surface area (Å²) in [5.74, 6) is 5.73. The van der Waals surface area contributed by atoms with Gasteiger partial charge in [-0.3, -0.25) is 4.79 Å². The van der Waals surface area contributed by atoms with E-state index in [1.807, 2.05) is 37.6 Å². The number of benzene rings is 1. The van der Waals surface area contributed by atoms with E-state index in [9.17, 15) is 4.79 Å². The third-order valence-corrected chi connectivity index (χ3v) is 3.97. The molecule has 0 fully saturated rings. The zero-order valence-corrected chi connectivity index (χ0v) is 13.0. The minimum Gasteiger partial charge on any atom is -0.337 e. The maximum atomic E-state index is 12.5. The van der Waals surface area contributed by atoms with Gasteiger partial charge in [-0.05, 0) is 23.9 Å². The van der Waals surface area contributed by atoms with Crippen LogP contribution < -0.4 is 5.73 Å². The number of rotatable bonds is 3. The highest BCUT2D eigenvalue weighted by Crippen LogP contribution is 2.19. The number of amides is 1. The van der Waals surface area contributed by atoms with Crippen LogP contribution in [0.3, 0.4) is 0 Å². The monoisotopic (exact) mass is 298 g/mol. The van der Waals surface area contributed by atoms with Crippen LogP contribution in [0.25, 0.3) is 0 Å². The molecular weight excluding hydrogens is 280 g/mol. The quantitative estimate of drug-likeness (QED) is 0.886. The summed E-state index contributed by atoms with van der Waals surface area (Å²) in [6, 6.07) is 10.1. The lowest BCUT2D eigenvalue weighted by atomic mass is 10.1. The lowest BCUT2D eigenvalue weighted by Crippen LogP contribution is -2.26. The molecule has 0 aliphatic heterocycles. The Kier molecular flexibility index (Phi) is 5.15. The van der Waals surface area contributed by atoms with Crippen molar-refractivity contribution in [1.29, 1.82) is 0 Å². The summed E-state index contributed by atoms with van der Waals surface area (Å²) >= 11 is 1.41. The second kappa shape index (κ2) is 7.07. The van der Waals surface area contributed by atoms with Gasteiger partial charge in [-0.15, -0.1) is 11.3 Å². The molecule has 2 aromatic rings. The number of hydrogen-bond acceptors (Lipinski definition) is 3. The van der Waals surface area contributed by atoms with Crippen molar-refractivity contribution in [3.05, 3.63) is 57.3 Å². The van der Waals surface area contributed by atoms with Gasteiger partial charge in [0, 0.05) is 19.2 Å². The van der Waals surface area contributed by atoms with Crippen LogP contribution in [-0.4, -0.2) is 24.4 Å². The first-order valence-electron chi connectivity index (χ1n) is 6.69. The molecule has 0 bridgehead atoms. The van der Waals surface area contributed by atoms with E-state index >= 15 is 0 Å². The van der Waals surface area contributed by atoms with E-state index in [-0.39, 0.29) is 5.91 Å². The third-order valence-electron chi connectivity index (χ3n) is 3.07. The van der Waals surface area contributed by atoms with Gasteiger partial charge >= 0.3 is 0 Å². The molecule has 0 radical (unpaired) electrons. The van der Waals surface area contributed by atoms with Crippen LogP contribution in [0, 0.1) is 18.8 Å². The third kappa shape index (κ3) is 3.94. The Bertz CT molecular complexity index is 677. The molecule has 0 unspecified atom stereocenters. The largest absolute Gasteiger partial charge is 0.337 e. The standard InChI is InChI=1S/C17H18N2OS/c1-13-5-7-14(8-6-13)12-19(2)17(20)16-15(4-3-10-18)9-11-21-16/h5-9,11H,10,12,18H2,1-2H3. The second-order valence-corrected chi connectivity index (χ2v) is 5.73. The van der Waals surface area contributed by atoms with Gasteiger partial charge in [-0.2, -0.15) is 0 Å². The number of nitrogens with two attached hydrogens (primary N) is 1. The molecule has 108 valence electrons. The molecule has 0 aliphatic rings. The highest BCUT2D eigenvalue weighted by atomic mass is 32.1. The second-order valence-electron chi connectivity index (χ2n) is 4.82. The van der Waals surface area contributed by atoms with Crippen molar-refractivity contribution in [2.24, 2.45) is 5.73 Å². The Balaban J connectivity index is 2.12. The molecule has 1 heterocycles. The van der Waals surface area contributed by atoms with Crippen molar-refractivity contribution in [1.82, 2.24) is 4.90 Å². The number of hydrogen-bond donors (Lipinski definition) is 1. The van der Waals surface area contributed by atoms with E-state index in [0.717, 1.165) is 11.1 Å². The predicted molar refractivity (Wildman–Crippen MR) is 87.2 cm³/mol. The number of nitrogens with zero attached hydrogens (tertiary/aromatic N) is 1. The maximum Gasteiger partial charge on any atom is 0.265 e. The average molecular weight is 298 g/mol. The van der Waals surface area contributed by atoms with Crippen molar-refractivity contribution in [2.75, 3.05) is 13.6 Å². The molecule has 21 heavy (non-hydrogen) atoms. The van der Waals surface area contributed by atoms with Crippen molar-refractivity contribution in [2.45, 2.75) is 13.5 Å². The summed E-state index contributed by atoms with van der Waals surface area (Å²) in [6.45, 7) is 2.93. The fraction of sp³-hybridized carbons (Fsp3) is 0.235. The van der Waals surface area contributed by atoms with Crippen LogP contribution in [0.1, 0.15) is 26.4 Å². The first-order valence-corrected chi connectivity index (χ1v) is 7.57. The molecular formula is C17H18N2OS. The van der Waals surface area contributed by atoms with E-state index in [4.69, 9.17) is 5.73 Å². The molecule has 0 atom stereocenters. The van der Waals surface area contributed by atoms with Gasteiger partial charge in [0.25, 0.3) is 5.91 Å². The molecule has 0 saturated heterocycles. The van der Waals surface area contributed by atoms with Gasteiger partial charge < -0.3 is 10.6 Å². The van der Waals surface area contributed by atoms with Gasteiger partial charge in [-0.1, -0.05) is 41.7 Å². The van der Waals surface area contributed by atoms with E-state index in [1.54, 1.807) is 4.90 Å². The molecule has 4 heteroatoms. The summed E-state index contributed by atoms with van der Waals surface area (Å²) < 4.78 is 0. The van der Waals surface area contributed by atoms with Gasteiger partial charge in [0.05, 0.1) is 6.54 Å². The van der Waals surface area contributed by atoms with Crippen molar-refractivity contribution < 1.29 is 4.79 Å². The number of carbonyl (C=O) groups is 1. The Labute approximate surface area is 129 Å². The lowest BCUT2D eigenvalue weighted by molar-refractivity contribution is 0.0789. The smallest absolute Gasteiger partial charge is 0.265 e. The Morgan fingerprint density at radius 1 is 1.29 bits per heavy atom. The minimum atomic E-state index is -0.00750. The lowest BCUT2D eigenvalue weighted by Gasteiger charge is -2.17.